The van der Waals surface area contributed by atoms with Gasteiger partial charge >= 0.3 is 0 Å². The monoisotopic (exact) mass is 213 g/mol. The molecule has 3 heteroatoms. The third kappa shape index (κ3) is 3.16. The van der Waals surface area contributed by atoms with E-state index in [0.717, 1.165) is 45.2 Å². The lowest BCUT2D eigenvalue weighted by Crippen LogP contribution is -2.43. The number of hydrogen-bond acceptors (Lipinski definition) is 3. The maximum Gasteiger partial charge on any atom is 0.0594 e. The van der Waals surface area contributed by atoms with Crippen molar-refractivity contribution in [2.45, 2.75) is 32.3 Å². The Morgan fingerprint density at radius 2 is 2.00 bits per heavy atom. The molecule has 3 nitrogen and oxygen atoms in total. The SMILES string of the molecule is CC1CCC(O)C(CN2CCOCC2)C1. The Balaban J connectivity index is 1.80. The van der Waals surface area contributed by atoms with Crippen LogP contribution in [0, 0.1) is 11.8 Å². The summed E-state index contributed by atoms with van der Waals surface area (Å²) in [5.41, 5.74) is 0. The van der Waals surface area contributed by atoms with Gasteiger partial charge in [0.2, 0.25) is 0 Å². The molecule has 3 unspecified atom stereocenters. The highest BCUT2D eigenvalue weighted by molar-refractivity contribution is 4.81. The molecule has 1 N–H and O–H groups in total. The summed E-state index contributed by atoms with van der Waals surface area (Å²) >= 11 is 0. The van der Waals surface area contributed by atoms with Crippen LogP contribution in [0.4, 0.5) is 0 Å². The second-order valence-corrected chi connectivity index (χ2v) is 5.16. The molecule has 1 saturated heterocycles. The molecule has 1 saturated carbocycles. The van der Waals surface area contributed by atoms with Crippen molar-refractivity contribution in [3.8, 4) is 0 Å². The van der Waals surface area contributed by atoms with Crippen molar-refractivity contribution >= 4 is 0 Å². The zero-order valence-corrected chi connectivity index (χ0v) is 9.69. The highest BCUT2D eigenvalue weighted by Gasteiger charge is 2.28. The van der Waals surface area contributed by atoms with Gasteiger partial charge in [0.25, 0.3) is 0 Å². The van der Waals surface area contributed by atoms with Gasteiger partial charge in [-0.05, 0) is 31.1 Å². The van der Waals surface area contributed by atoms with E-state index in [1.807, 2.05) is 0 Å². The standard InChI is InChI=1S/C12H23NO2/c1-10-2-3-12(14)11(8-10)9-13-4-6-15-7-5-13/h10-12,14H,2-9H2,1H3. The molecule has 0 radical (unpaired) electrons. The highest BCUT2D eigenvalue weighted by Crippen LogP contribution is 2.29. The van der Waals surface area contributed by atoms with E-state index in [1.54, 1.807) is 0 Å². The average Bonchev–Trinajstić information content (AvgIpc) is 2.25. The van der Waals surface area contributed by atoms with Gasteiger partial charge in [-0.25, -0.2) is 0 Å². The summed E-state index contributed by atoms with van der Waals surface area (Å²) in [7, 11) is 0. The first-order valence-electron chi connectivity index (χ1n) is 6.24. The number of ether oxygens (including phenoxy) is 1. The largest absolute Gasteiger partial charge is 0.393 e. The van der Waals surface area contributed by atoms with Crippen molar-refractivity contribution in [1.82, 2.24) is 4.90 Å². The Labute approximate surface area is 92.4 Å². The average molecular weight is 213 g/mol. The maximum absolute atomic E-state index is 9.96. The van der Waals surface area contributed by atoms with E-state index in [9.17, 15) is 5.11 Å². The number of nitrogens with zero attached hydrogens (tertiary/aromatic N) is 1. The summed E-state index contributed by atoms with van der Waals surface area (Å²) in [5.74, 6) is 1.28. The normalized spacial score (nSPS) is 39.2. The molecule has 2 aliphatic rings. The summed E-state index contributed by atoms with van der Waals surface area (Å²) in [4.78, 5) is 2.44. The van der Waals surface area contributed by atoms with Crippen molar-refractivity contribution in [3.05, 3.63) is 0 Å². The van der Waals surface area contributed by atoms with Crippen LogP contribution in [-0.2, 0) is 4.74 Å². The molecule has 2 fully saturated rings. The van der Waals surface area contributed by atoms with Crippen LogP contribution in [-0.4, -0.2) is 49.0 Å². The first-order chi connectivity index (χ1) is 7.25. The molecule has 1 heterocycles. The van der Waals surface area contributed by atoms with Crippen LogP contribution in [0.25, 0.3) is 0 Å². The van der Waals surface area contributed by atoms with Gasteiger partial charge in [0.05, 0.1) is 19.3 Å². The van der Waals surface area contributed by atoms with E-state index in [2.05, 4.69) is 11.8 Å². The fraction of sp³-hybridized carbons (Fsp3) is 1.00. The Bertz CT molecular complexity index is 192. The van der Waals surface area contributed by atoms with Crippen LogP contribution in [0.5, 0.6) is 0 Å². The van der Waals surface area contributed by atoms with Gasteiger partial charge in [-0.2, -0.15) is 0 Å². The van der Waals surface area contributed by atoms with Gasteiger partial charge in [0.1, 0.15) is 0 Å². The zero-order valence-electron chi connectivity index (χ0n) is 9.69. The van der Waals surface area contributed by atoms with E-state index in [1.165, 1.54) is 12.8 Å². The molecule has 0 aromatic heterocycles. The molecule has 0 aromatic carbocycles. The van der Waals surface area contributed by atoms with Gasteiger partial charge in [-0.3, -0.25) is 4.90 Å². The molecule has 15 heavy (non-hydrogen) atoms. The lowest BCUT2D eigenvalue weighted by Gasteiger charge is -2.36. The van der Waals surface area contributed by atoms with Crippen molar-refractivity contribution < 1.29 is 9.84 Å². The van der Waals surface area contributed by atoms with Crippen molar-refractivity contribution in [2.24, 2.45) is 11.8 Å². The fourth-order valence-electron chi connectivity index (χ4n) is 2.79. The second-order valence-electron chi connectivity index (χ2n) is 5.16. The fourth-order valence-corrected chi connectivity index (χ4v) is 2.79. The molecule has 88 valence electrons. The van der Waals surface area contributed by atoms with Gasteiger partial charge in [-0.1, -0.05) is 6.92 Å². The predicted molar refractivity (Wildman–Crippen MR) is 59.8 cm³/mol. The van der Waals surface area contributed by atoms with Gasteiger partial charge < -0.3 is 9.84 Å². The molecule has 3 atom stereocenters. The molecule has 1 aliphatic heterocycles. The van der Waals surface area contributed by atoms with Crippen molar-refractivity contribution in [2.75, 3.05) is 32.8 Å². The summed E-state index contributed by atoms with van der Waals surface area (Å²) in [6, 6.07) is 0. The molecule has 0 bridgehead atoms. The first-order valence-corrected chi connectivity index (χ1v) is 6.24. The van der Waals surface area contributed by atoms with Crippen LogP contribution >= 0.6 is 0 Å². The zero-order chi connectivity index (χ0) is 10.7. The minimum absolute atomic E-state index is 0.0657. The predicted octanol–water partition coefficient (Wildman–Crippen LogP) is 1.12. The smallest absolute Gasteiger partial charge is 0.0594 e. The third-order valence-corrected chi connectivity index (χ3v) is 3.80. The Morgan fingerprint density at radius 3 is 2.73 bits per heavy atom. The molecule has 2 rings (SSSR count). The summed E-state index contributed by atoms with van der Waals surface area (Å²) in [6.45, 7) is 7.17. The first kappa shape index (κ1) is 11.4. The number of morpholine rings is 1. The van der Waals surface area contributed by atoms with E-state index in [0.29, 0.717) is 5.92 Å². The number of aliphatic hydroxyl groups is 1. The number of rotatable bonds is 2. The van der Waals surface area contributed by atoms with E-state index in [4.69, 9.17) is 4.74 Å². The lowest BCUT2D eigenvalue weighted by atomic mass is 9.80. The van der Waals surface area contributed by atoms with Crippen LogP contribution in [0.2, 0.25) is 0 Å². The molecular weight excluding hydrogens is 190 g/mol. The summed E-state index contributed by atoms with van der Waals surface area (Å²) < 4.78 is 5.33. The minimum Gasteiger partial charge on any atom is -0.393 e. The van der Waals surface area contributed by atoms with E-state index >= 15 is 0 Å². The van der Waals surface area contributed by atoms with Crippen LogP contribution < -0.4 is 0 Å². The van der Waals surface area contributed by atoms with Gasteiger partial charge in [0.15, 0.2) is 0 Å². The topological polar surface area (TPSA) is 32.7 Å². The summed E-state index contributed by atoms with van der Waals surface area (Å²) in [5, 5.41) is 9.96. The molecule has 0 aromatic rings. The van der Waals surface area contributed by atoms with Crippen molar-refractivity contribution in [1.29, 1.82) is 0 Å². The van der Waals surface area contributed by atoms with Gasteiger partial charge in [-0.15, -0.1) is 0 Å². The van der Waals surface area contributed by atoms with Crippen LogP contribution in [0.15, 0.2) is 0 Å². The molecule has 0 amide bonds. The van der Waals surface area contributed by atoms with E-state index < -0.39 is 0 Å². The minimum atomic E-state index is -0.0657. The second kappa shape index (κ2) is 5.28. The number of aliphatic hydroxyl groups excluding tert-OH is 1. The van der Waals surface area contributed by atoms with Crippen molar-refractivity contribution in [3.63, 3.8) is 0 Å². The Kier molecular flexibility index (Phi) is 4.00. The van der Waals surface area contributed by atoms with Gasteiger partial charge in [0, 0.05) is 19.6 Å². The molecular formula is C12H23NO2. The Morgan fingerprint density at radius 1 is 1.27 bits per heavy atom. The third-order valence-electron chi connectivity index (χ3n) is 3.80. The maximum atomic E-state index is 9.96. The van der Waals surface area contributed by atoms with Crippen LogP contribution in [0.3, 0.4) is 0 Å². The quantitative estimate of drug-likeness (QED) is 0.746. The molecule has 1 aliphatic carbocycles. The van der Waals surface area contributed by atoms with E-state index in [-0.39, 0.29) is 6.10 Å². The number of hydrogen-bond donors (Lipinski definition) is 1. The highest BCUT2D eigenvalue weighted by atomic mass is 16.5. The lowest BCUT2D eigenvalue weighted by molar-refractivity contribution is -0.00601. The van der Waals surface area contributed by atoms with Crippen LogP contribution in [0.1, 0.15) is 26.2 Å². The Hall–Kier alpha value is -0.120. The summed E-state index contributed by atoms with van der Waals surface area (Å²) in [6.07, 6.45) is 3.32. The molecule has 0 spiro atoms.